The van der Waals surface area contributed by atoms with Gasteiger partial charge in [-0.2, -0.15) is 10.4 Å². The number of nitriles is 1. The molecule has 4 N–H and O–H groups in total. The molecule has 3 amide bonds. The summed E-state index contributed by atoms with van der Waals surface area (Å²) in [5.41, 5.74) is 2.67. The lowest BCUT2D eigenvalue weighted by Crippen LogP contribution is -2.58. The van der Waals surface area contributed by atoms with Crippen LogP contribution in [0.3, 0.4) is 0 Å². The molecule has 45 heavy (non-hydrogen) atoms. The summed E-state index contributed by atoms with van der Waals surface area (Å²) in [6.07, 6.45) is 2.97. The Morgan fingerprint density at radius 1 is 1.11 bits per heavy atom. The summed E-state index contributed by atoms with van der Waals surface area (Å²) in [7, 11) is 0. The van der Waals surface area contributed by atoms with Gasteiger partial charge in [0, 0.05) is 12.6 Å². The van der Waals surface area contributed by atoms with E-state index in [-0.39, 0.29) is 24.5 Å². The van der Waals surface area contributed by atoms with Gasteiger partial charge in [-0.05, 0) is 50.1 Å². The lowest BCUT2D eigenvalue weighted by molar-refractivity contribution is -0.132. The number of aliphatic hydroxyl groups excluding tert-OH is 1. The van der Waals surface area contributed by atoms with Gasteiger partial charge in [0.1, 0.15) is 54.6 Å². The third-order valence-corrected chi connectivity index (χ3v) is 6.49. The number of carbonyl (C=O) groups excluding carboxylic acids is 3. The third kappa shape index (κ3) is 9.09. The van der Waals surface area contributed by atoms with Crippen LogP contribution in [0.5, 0.6) is 5.75 Å². The van der Waals surface area contributed by atoms with Gasteiger partial charge in [-0.3, -0.25) is 14.4 Å². The Morgan fingerprint density at radius 2 is 1.89 bits per heavy atom. The molecule has 0 bridgehead atoms. The standard InChI is InChI=1S/C31H32N8O6/c1-19-7-9-22(10-8-19)15-34-29(41)27(36-31(43)28(21(3)40)37-30(42)26-11-20(2)45-38-26)16-44-25-6-4-5-23(13-25)12-24(14-32)39-18-33-17-35-39/h4-13,17-18,21,27-28,40H,15-16H2,1-3H3,(H,34,41)(H,36,43)(H,37,42)/t21-,27+,28+/m1/s1. The number of aromatic nitrogens is 4. The van der Waals surface area contributed by atoms with Gasteiger partial charge in [-0.25, -0.2) is 9.67 Å². The van der Waals surface area contributed by atoms with E-state index < -0.39 is 35.9 Å². The fourth-order valence-electron chi connectivity index (χ4n) is 4.07. The van der Waals surface area contributed by atoms with E-state index in [1.807, 2.05) is 31.2 Å². The minimum atomic E-state index is -1.42. The molecule has 0 saturated heterocycles. The first kappa shape index (κ1) is 32.1. The highest BCUT2D eigenvalue weighted by molar-refractivity contribution is 5.97. The first-order valence-electron chi connectivity index (χ1n) is 13.9. The van der Waals surface area contributed by atoms with Gasteiger partial charge >= 0.3 is 0 Å². The molecule has 0 aliphatic heterocycles. The molecule has 0 spiro atoms. The van der Waals surface area contributed by atoms with Crippen LogP contribution in [0.4, 0.5) is 0 Å². The Labute approximate surface area is 258 Å². The maximum atomic E-state index is 13.3. The minimum absolute atomic E-state index is 0.0704. The van der Waals surface area contributed by atoms with Gasteiger partial charge in [-0.1, -0.05) is 47.1 Å². The maximum Gasteiger partial charge on any atom is 0.274 e. The zero-order chi connectivity index (χ0) is 32.3. The Hall–Kier alpha value is -5.81. The molecule has 2 heterocycles. The van der Waals surface area contributed by atoms with E-state index in [4.69, 9.17) is 9.26 Å². The summed E-state index contributed by atoms with van der Waals surface area (Å²) in [4.78, 5) is 43.1. The highest BCUT2D eigenvalue weighted by Crippen LogP contribution is 2.17. The number of hydrogen-bond donors (Lipinski definition) is 4. The van der Waals surface area contributed by atoms with E-state index in [2.05, 4.69) is 37.3 Å². The van der Waals surface area contributed by atoms with Gasteiger partial charge in [-0.15, -0.1) is 0 Å². The van der Waals surface area contributed by atoms with Crippen molar-refractivity contribution in [3.05, 3.63) is 95.4 Å². The molecule has 14 nitrogen and oxygen atoms in total. The Balaban J connectivity index is 1.50. The van der Waals surface area contributed by atoms with Crippen LogP contribution in [-0.4, -0.2) is 67.5 Å². The number of carbonyl (C=O) groups is 3. The van der Waals surface area contributed by atoms with Gasteiger partial charge < -0.3 is 30.3 Å². The molecule has 232 valence electrons. The SMILES string of the molecule is Cc1ccc(CNC(=O)[C@H](COc2cccc(C=C(C#N)n3cncn3)c2)NC(=O)[C@@H](NC(=O)c2cc(C)on2)[C@@H](C)O)cc1. The predicted octanol–water partition coefficient (Wildman–Crippen LogP) is 1.76. The van der Waals surface area contributed by atoms with Crippen molar-refractivity contribution in [2.45, 2.75) is 45.5 Å². The summed E-state index contributed by atoms with van der Waals surface area (Å²) >= 11 is 0. The molecule has 3 atom stereocenters. The molecular weight excluding hydrogens is 580 g/mol. The number of hydrogen-bond acceptors (Lipinski definition) is 10. The highest BCUT2D eigenvalue weighted by Gasteiger charge is 2.31. The molecule has 0 saturated carbocycles. The summed E-state index contributed by atoms with van der Waals surface area (Å²) in [6, 6.07) is 15.1. The first-order valence-corrected chi connectivity index (χ1v) is 13.9. The molecule has 0 aliphatic carbocycles. The second-order valence-electron chi connectivity index (χ2n) is 10.1. The summed E-state index contributed by atoms with van der Waals surface area (Å²) in [5, 5.41) is 35.2. The summed E-state index contributed by atoms with van der Waals surface area (Å²) in [5.74, 6) is -1.37. The van der Waals surface area contributed by atoms with Crippen LogP contribution in [-0.2, 0) is 16.1 Å². The number of amides is 3. The molecule has 2 aromatic heterocycles. The molecule has 0 unspecified atom stereocenters. The summed E-state index contributed by atoms with van der Waals surface area (Å²) in [6.45, 7) is 4.78. The molecular formula is C31H32N8O6. The number of allylic oxidation sites excluding steroid dienone is 1. The van der Waals surface area contributed by atoms with Gasteiger partial charge in [0.25, 0.3) is 5.91 Å². The molecule has 0 aliphatic rings. The van der Waals surface area contributed by atoms with E-state index in [1.165, 1.54) is 30.3 Å². The normalized spacial score (nSPS) is 13.2. The van der Waals surface area contributed by atoms with Crippen molar-refractivity contribution >= 4 is 29.5 Å². The fourth-order valence-corrected chi connectivity index (χ4v) is 4.07. The van der Waals surface area contributed by atoms with Crippen molar-refractivity contribution < 1.29 is 28.8 Å². The predicted molar refractivity (Wildman–Crippen MR) is 161 cm³/mol. The average Bonchev–Trinajstić information content (AvgIpc) is 3.72. The topological polar surface area (TPSA) is 197 Å². The van der Waals surface area contributed by atoms with Crippen LogP contribution in [0, 0.1) is 25.2 Å². The van der Waals surface area contributed by atoms with E-state index >= 15 is 0 Å². The van der Waals surface area contributed by atoms with Crippen molar-refractivity contribution in [2.75, 3.05) is 6.61 Å². The van der Waals surface area contributed by atoms with Crippen molar-refractivity contribution in [2.24, 2.45) is 0 Å². The smallest absolute Gasteiger partial charge is 0.274 e. The molecule has 4 rings (SSSR count). The Morgan fingerprint density at radius 3 is 2.53 bits per heavy atom. The van der Waals surface area contributed by atoms with E-state index in [0.717, 1.165) is 11.1 Å². The number of aryl methyl sites for hydroxylation is 2. The van der Waals surface area contributed by atoms with Crippen LogP contribution in [0.15, 0.2) is 71.8 Å². The van der Waals surface area contributed by atoms with Crippen LogP contribution in [0.1, 0.15) is 39.9 Å². The van der Waals surface area contributed by atoms with E-state index in [0.29, 0.717) is 17.1 Å². The van der Waals surface area contributed by atoms with Gasteiger partial charge in [0.05, 0.1) is 6.10 Å². The zero-order valence-electron chi connectivity index (χ0n) is 24.8. The van der Waals surface area contributed by atoms with Crippen molar-refractivity contribution in [3.8, 4) is 11.8 Å². The maximum absolute atomic E-state index is 13.3. The van der Waals surface area contributed by atoms with E-state index in [9.17, 15) is 24.8 Å². The van der Waals surface area contributed by atoms with Crippen LogP contribution in [0.25, 0.3) is 11.8 Å². The molecule has 14 heteroatoms. The number of ether oxygens (including phenoxy) is 1. The van der Waals surface area contributed by atoms with Crippen molar-refractivity contribution in [1.29, 1.82) is 5.26 Å². The molecule has 0 fully saturated rings. The van der Waals surface area contributed by atoms with E-state index in [1.54, 1.807) is 37.3 Å². The second kappa shape index (κ2) is 15.1. The van der Waals surface area contributed by atoms with Crippen molar-refractivity contribution in [1.82, 2.24) is 35.9 Å². The Bertz CT molecular complexity index is 1690. The average molecular weight is 613 g/mol. The number of rotatable bonds is 13. The summed E-state index contributed by atoms with van der Waals surface area (Å²) < 4.78 is 12.1. The third-order valence-electron chi connectivity index (χ3n) is 6.49. The van der Waals surface area contributed by atoms with Gasteiger partial charge in [0.2, 0.25) is 11.8 Å². The lowest BCUT2D eigenvalue weighted by atomic mass is 10.1. The minimum Gasteiger partial charge on any atom is -0.491 e. The van der Waals surface area contributed by atoms with Crippen LogP contribution < -0.4 is 20.7 Å². The van der Waals surface area contributed by atoms with Gasteiger partial charge in [0.15, 0.2) is 5.69 Å². The fraction of sp³-hybridized carbons (Fsp3) is 0.258. The number of benzene rings is 2. The number of nitrogens with zero attached hydrogens (tertiary/aromatic N) is 5. The van der Waals surface area contributed by atoms with Crippen molar-refractivity contribution in [3.63, 3.8) is 0 Å². The number of aliphatic hydroxyl groups is 1. The Kier molecular flexibility index (Phi) is 10.8. The monoisotopic (exact) mass is 612 g/mol. The van der Waals surface area contributed by atoms with Crippen LogP contribution in [0.2, 0.25) is 0 Å². The lowest BCUT2D eigenvalue weighted by Gasteiger charge is -2.24. The molecule has 2 aromatic carbocycles. The highest BCUT2D eigenvalue weighted by atomic mass is 16.5. The quantitative estimate of drug-likeness (QED) is 0.161. The molecule has 4 aromatic rings. The zero-order valence-corrected chi connectivity index (χ0v) is 24.8. The molecule has 0 radical (unpaired) electrons. The van der Waals surface area contributed by atoms with Crippen LogP contribution >= 0.6 is 0 Å². The number of nitrogens with one attached hydrogen (secondary N) is 3. The second-order valence-corrected chi connectivity index (χ2v) is 10.1. The largest absolute Gasteiger partial charge is 0.491 e. The first-order chi connectivity index (χ1) is 21.6.